The zero-order chi connectivity index (χ0) is 17.9. The van der Waals surface area contributed by atoms with Crippen molar-refractivity contribution >= 4 is 38.4 Å². The van der Waals surface area contributed by atoms with Crippen LogP contribution in [0.4, 0.5) is 0 Å². The molecule has 0 bridgehead atoms. The van der Waals surface area contributed by atoms with Crippen molar-refractivity contribution in [2.75, 3.05) is 6.26 Å². The van der Waals surface area contributed by atoms with E-state index in [0.29, 0.717) is 10.6 Å². The molecule has 0 unspecified atom stereocenters. The Morgan fingerprint density at radius 1 is 1.38 bits per heavy atom. The smallest absolute Gasteiger partial charge is 0.328 e. The Hall–Kier alpha value is -1.87. The average Bonchev–Trinajstić information content (AvgIpc) is 2.67. The van der Waals surface area contributed by atoms with E-state index in [0.717, 1.165) is 4.90 Å². The van der Waals surface area contributed by atoms with Crippen molar-refractivity contribution in [1.82, 2.24) is 9.88 Å². The van der Waals surface area contributed by atoms with Gasteiger partial charge < -0.3 is 10.0 Å². The van der Waals surface area contributed by atoms with Crippen molar-refractivity contribution in [3.8, 4) is 0 Å². The van der Waals surface area contributed by atoms with E-state index in [1.54, 1.807) is 30.7 Å². The summed E-state index contributed by atoms with van der Waals surface area (Å²) in [6.07, 6.45) is 3.29. The molecule has 3 heterocycles. The van der Waals surface area contributed by atoms with Gasteiger partial charge in [0.05, 0.1) is 11.3 Å². The summed E-state index contributed by atoms with van der Waals surface area (Å²) in [5, 5.41) is 8.20. The van der Waals surface area contributed by atoms with E-state index in [1.165, 1.54) is 25.6 Å². The highest BCUT2D eigenvalue weighted by molar-refractivity contribution is 8.07. The number of aliphatic carboxylic acids is 1. The van der Waals surface area contributed by atoms with E-state index in [-0.39, 0.29) is 5.57 Å². The number of carboxylic acid groups (broad SMARTS) is 1. The molecule has 0 aliphatic carbocycles. The molecule has 2 aliphatic rings. The molecule has 9 heteroatoms. The minimum atomic E-state index is -3.88. The molecule has 128 valence electrons. The summed E-state index contributed by atoms with van der Waals surface area (Å²) in [7, 11) is -3.88. The average molecular weight is 368 g/mol. The maximum absolute atomic E-state index is 12.9. The van der Waals surface area contributed by atoms with Gasteiger partial charge in [0.2, 0.25) is 0 Å². The Bertz CT molecular complexity index is 861. The van der Waals surface area contributed by atoms with Gasteiger partial charge in [0.25, 0.3) is 5.91 Å². The number of rotatable bonds is 3. The summed E-state index contributed by atoms with van der Waals surface area (Å²) >= 11 is 1.23. The Morgan fingerprint density at radius 3 is 2.54 bits per heavy atom. The largest absolute Gasteiger partial charge is 0.480 e. The van der Waals surface area contributed by atoms with Gasteiger partial charge in [0.1, 0.15) is 4.75 Å². The van der Waals surface area contributed by atoms with Gasteiger partial charge >= 0.3 is 5.97 Å². The van der Waals surface area contributed by atoms with Crippen LogP contribution in [0.1, 0.15) is 19.5 Å². The monoisotopic (exact) mass is 368 g/mol. The number of carbonyl (C=O) groups excluding carboxylic acids is 1. The van der Waals surface area contributed by atoms with E-state index < -0.39 is 37.9 Å². The van der Waals surface area contributed by atoms with Gasteiger partial charge in [-0.3, -0.25) is 9.78 Å². The summed E-state index contributed by atoms with van der Waals surface area (Å²) in [6.45, 7) is 2.70. The van der Waals surface area contributed by atoms with Crippen LogP contribution >= 0.6 is 11.8 Å². The van der Waals surface area contributed by atoms with Crippen LogP contribution in [-0.4, -0.2) is 57.7 Å². The van der Waals surface area contributed by atoms with Crippen LogP contribution < -0.4 is 0 Å². The van der Waals surface area contributed by atoms with Crippen molar-refractivity contribution in [3.05, 3.63) is 35.7 Å². The van der Waals surface area contributed by atoms with Crippen LogP contribution in [0.5, 0.6) is 0 Å². The number of carbonyl (C=O) groups is 2. The summed E-state index contributed by atoms with van der Waals surface area (Å²) in [4.78, 5) is 29.8. The number of hydrogen-bond acceptors (Lipinski definition) is 6. The fraction of sp³-hybridized carbons (Fsp3) is 0.400. The highest BCUT2D eigenvalue weighted by Crippen LogP contribution is 2.51. The number of fused-ring (bicyclic) bond motifs is 1. The standard InChI is InChI=1S/C15H16N2O5S2/c1-15(2)11(14(19)20)17-12(18)9(13(17)24(15,21)22)10(23-3)8-6-4-5-7-16-8/h4-7,11,13H,1-3H3,(H,19,20)/t11-,13+/m0/s1. The maximum atomic E-state index is 12.9. The van der Waals surface area contributed by atoms with Gasteiger partial charge in [0, 0.05) is 11.1 Å². The van der Waals surface area contributed by atoms with Crippen molar-refractivity contribution in [1.29, 1.82) is 0 Å². The molecule has 0 radical (unpaired) electrons. The summed E-state index contributed by atoms with van der Waals surface area (Å²) in [6, 6.07) is 3.76. The molecule has 24 heavy (non-hydrogen) atoms. The topological polar surface area (TPSA) is 105 Å². The highest BCUT2D eigenvalue weighted by Gasteiger charge is 2.70. The fourth-order valence-electron chi connectivity index (χ4n) is 3.23. The molecule has 1 N–H and O–H groups in total. The zero-order valence-electron chi connectivity index (χ0n) is 13.3. The number of amides is 1. The molecule has 1 aromatic heterocycles. The molecule has 2 saturated heterocycles. The first-order valence-corrected chi connectivity index (χ1v) is 9.91. The molecule has 3 rings (SSSR count). The molecule has 7 nitrogen and oxygen atoms in total. The number of sulfone groups is 1. The van der Waals surface area contributed by atoms with Gasteiger partial charge in [-0.15, -0.1) is 11.8 Å². The maximum Gasteiger partial charge on any atom is 0.328 e. The summed E-state index contributed by atoms with van der Waals surface area (Å²) in [5.74, 6) is -1.88. The second kappa shape index (κ2) is 5.32. The number of β-lactam (4-membered cyclic amide) rings is 1. The lowest BCUT2D eigenvalue weighted by Crippen LogP contribution is -2.59. The first kappa shape index (κ1) is 17.0. The third-order valence-electron chi connectivity index (χ3n) is 4.51. The molecule has 0 spiro atoms. The van der Waals surface area contributed by atoms with E-state index in [9.17, 15) is 23.1 Å². The van der Waals surface area contributed by atoms with E-state index >= 15 is 0 Å². The number of pyridine rings is 1. The second-order valence-corrected chi connectivity index (χ2v) is 9.52. The molecule has 2 atom stereocenters. The Balaban J connectivity index is 2.21. The van der Waals surface area contributed by atoms with Gasteiger partial charge in [-0.2, -0.15) is 0 Å². The van der Waals surface area contributed by atoms with Crippen LogP contribution in [0.2, 0.25) is 0 Å². The number of aromatic nitrogens is 1. The summed E-state index contributed by atoms with van der Waals surface area (Å²) in [5.41, 5.74) is 0.609. The molecule has 1 aromatic rings. The number of nitrogens with zero attached hydrogens (tertiary/aromatic N) is 2. The van der Waals surface area contributed by atoms with Gasteiger partial charge in [-0.05, 0) is 32.2 Å². The van der Waals surface area contributed by atoms with Gasteiger partial charge in [0.15, 0.2) is 21.3 Å². The second-order valence-electron chi connectivity index (χ2n) is 6.12. The van der Waals surface area contributed by atoms with Gasteiger partial charge in [-0.25, -0.2) is 13.2 Å². The Kier molecular flexibility index (Phi) is 3.76. The predicted molar refractivity (Wildman–Crippen MR) is 89.7 cm³/mol. The van der Waals surface area contributed by atoms with Crippen LogP contribution in [0.3, 0.4) is 0 Å². The molecule has 1 amide bonds. The minimum Gasteiger partial charge on any atom is -0.480 e. The lowest BCUT2D eigenvalue weighted by molar-refractivity contribution is -0.152. The zero-order valence-corrected chi connectivity index (χ0v) is 14.9. The number of carboxylic acids is 1. The number of hydrogen-bond donors (Lipinski definition) is 1. The van der Waals surface area contributed by atoms with Crippen molar-refractivity contribution in [3.63, 3.8) is 0 Å². The minimum absolute atomic E-state index is 0.109. The van der Waals surface area contributed by atoms with E-state index in [4.69, 9.17) is 0 Å². The van der Waals surface area contributed by atoms with E-state index in [1.807, 2.05) is 0 Å². The van der Waals surface area contributed by atoms with Crippen LogP contribution in [0.25, 0.3) is 4.91 Å². The summed E-state index contributed by atoms with van der Waals surface area (Å²) < 4.78 is 24.2. The molecular weight excluding hydrogens is 352 g/mol. The molecule has 0 aromatic carbocycles. The highest BCUT2D eigenvalue weighted by atomic mass is 32.2. The van der Waals surface area contributed by atoms with Crippen LogP contribution in [-0.2, 0) is 19.4 Å². The van der Waals surface area contributed by atoms with Crippen molar-refractivity contribution in [2.24, 2.45) is 0 Å². The molecule has 0 saturated carbocycles. The van der Waals surface area contributed by atoms with Crippen molar-refractivity contribution < 1.29 is 23.1 Å². The first-order chi connectivity index (χ1) is 11.2. The third-order valence-corrected chi connectivity index (χ3v) is 8.09. The molecule has 2 fully saturated rings. The van der Waals surface area contributed by atoms with Crippen LogP contribution in [0, 0.1) is 0 Å². The Morgan fingerprint density at radius 2 is 2.04 bits per heavy atom. The third kappa shape index (κ3) is 1.97. The van der Waals surface area contributed by atoms with E-state index in [2.05, 4.69) is 4.98 Å². The Labute approximate surface area is 143 Å². The predicted octanol–water partition coefficient (Wildman–Crippen LogP) is 0.984. The van der Waals surface area contributed by atoms with Crippen molar-refractivity contribution in [2.45, 2.75) is 30.0 Å². The van der Waals surface area contributed by atoms with Gasteiger partial charge in [-0.1, -0.05) is 6.07 Å². The SMILES string of the molecule is CSC(=C1C(=O)N2[C@@H](C(=O)O)C(C)(C)S(=O)(=O)[C@H]12)c1ccccn1. The lowest BCUT2D eigenvalue weighted by Gasteiger charge is -2.39. The normalized spacial score (nSPS) is 29.0. The fourth-order valence-corrected chi connectivity index (χ4v) is 6.20. The van der Waals surface area contributed by atoms with Crippen LogP contribution in [0.15, 0.2) is 30.0 Å². The molecule has 2 aliphatic heterocycles. The first-order valence-electron chi connectivity index (χ1n) is 7.14. The number of thioether (sulfide) groups is 1. The quantitative estimate of drug-likeness (QED) is 0.626. The molecular formula is C15H16N2O5S2. The lowest BCUT2D eigenvalue weighted by atomic mass is 9.95.